The largest absolute Gasteiger partial charge is 1.00 e. The number of carbonyl (C=O) groups is 1. The molecule has 3 rings (SSSR count). The molecule has 0 atom stereocenters. The van der Waals surface area contributed by atoms with Gasteiger partial charge in [0, 0.05) is 14.0 Å². The van der Waals surface area contributed by atoms with Crippen LogP contribution in [0.1, 0.15) is 28.5 Å². The summed E-state index contributed by atoms with van der Waals surface area (Å²) in [6, 6.07) is 6.03. The molecule has 0 aliphatic heterocycles. The van der Waals surface area contributed by atoms with Gasteiger partial charge in [-0.25, -0.2) is 36.5 Å². The number of hydrogen-bond donors (Lipinski definition) is 3. The molecule has 3 aromatic carbocycles. The quantitative estimate of drug-likeness (QED) is 0.144. The number of hydrogen-bond acceptors (Lipinski definition) is 5. The number of halogens is 5. The van der Waals surface area contributed by atoms with Crippen LogP contribution in [0.4, 0.5) is 39.0 Å². The van der Waals surface area contributed by atoms with Crippen LogP contribution in [0.15, 0.2) is 36.4 Å². The first-order valence-corrected chi connectivity index (χ1v) is 10.2. The molecule has 0 saturated heterocycles. The molecule has 0 aromatic heterocycles. The van der Waals surface area contributed by atoms with Gasteiger partial charge < -0.3 is 21.9 Å². The van der Waals surface area contributed by atoms with Crippen LogP contribution in [0.2, 0.25) is 0 Å². The van der Waals surface area contributed by atoms with Crippen LogP contribution < -0.4 is 64.2 Å². The zero-order valence-corrected chi connectivity index (χ0v) is 26.6. The van der Waals surface area contributed by atoms with E-state index in [1.807, 2.05) is 0 Å². The molecule has 42 heavy (non-hydrogen) atoms. The number of aldehydes is 1. The van der Waals surface area contributed by atoms with E-state index in [1.54, 1.807) is 0 Å². The Balaban J connectivity index is -0.000000156. The van der Waals surface area contributed by atoms with Crippen molar-refractivity contribution in [2.45, 2.75) is 19.8 Å². The minimum Gasteiger partial charge on any atom is -1.00 e. The fourth-order valence-electron chi connectivity index (χ4n) is 2.63. The molecule has 0 aliphatic carbocycles. The molecule has 0 heterocycles. The molecule has 0 saturated carbocycles. The van der Waals surface area contributed by atoms with Crippen molar-refractivity contribution in [1.29, 1.82) is 0 Å². The summed E-state index contributed by atoms with van der Waals surface area (Å²) < 4.78 is 63.9. The van der Waals surface area contributed by atoms with Crippen molar-refractivity contribution in [3.8, 4) is 0 Å². The normalized spacial score (nSPS) is 8.45. The second kappa shape index (κ2) is 24.9. The van der Waals surface area contributed by atoms with Gasteiger partial charge in [-0.15, -0.1) is 0 Å². The van der Waals surface area contributed by atoms with Crippen molar-refractivity contribution in [3.63, 3.8) is 0 Å². The van der Waals surface area contributed by atoms with Crippen molar-refractivity contribution in [2.75, 3.05) is 7.11 Å². The third-order valence-corrected chi connectivity index (χ3v) is 4.33. The van der Waals surface area contributed by atoms with Gasteiger partial charge in [-0.2, -0.15) is 7.11 Å². The Morgan fingerprint density at radius 3 is 1.26 bits per heavy atom. The van der Waals surface area contributed by atoms with Gasteiger partial charge in [0.1, 0.15) is 35.4 Å². The molecule has 0 amide bonds. The smallest absolute Gasteiger partial charge is 1.00 e. The predicted molar refractivity (Wildman–Crippen MR) is 134 cm³/mol. The second-order valence-corrected chi connectivity index (χ2v) is 6.75. The molecule has 0 unspecified atom stereocenters. The standard InChI is InChI=1S/C9H8FNO2.C8H5F2NO.C8H3F2NO.CH3O.B.2Na.H/c1-11-9-7(5-13)2-6(4-12)3-8(9)10;2*1-11-8-6(9)2-5(4-12)3-7(8)10;1-2;;;;/h2-3,12-13H,4-5H2;2-3,12H,4H2;2-4H;1H3;;;;/q;;;-1;;2*+1;-1. The van der Waals surface area contributed by atoms with E-state index < -0.39 is 53.7 Å². The van der Waals surface area contributed by atoms with E-state index in [9.17, 15) is 26.7 Å². The van der Waals surface area contributed by atoms with E-state index in [0.717, 1.165) is 37.4 Å². The van der Waals surface area contributed by atoms with Gasteiger partial charge in [0.15, 0.2) is 0 Å². The van der Waals surface area contributed by atoms with Crippen LogP contribution in [-0.4, -0.2) is 37.1 Å². The summed E-state index contributed by atoms with van der Waals surface area (Å²) in [6.07, 6.45) is 0.319. The van der Waals surface area contributed by atoms with Crippen molar-refractivity contribution < 1.29 is 108 Å². The van der Waals surface area contributed by atoms with Crippen molar-refractivity contribution in [1.82, 2.24) is 0 Å². The first-order valence-electron chi connectivity index (χ1n) is 10.2. The molecule has 3 N–H and O–H groups in total. The molecule has 0 aliphatic rings. The van der Waals surface area contributed by atoms with Crippen LogP contribution in [0, 0.1) is 48.8 Å². The maximum Gasteiger partial charge on any atom is 1.00 e. The Kier molecular flexibility index (Phi) is 27.5. The van der Waals surface area contributed by atoms with Crippen LogP contribution in [0.3, 0.4) is 0 Å². The van der Waals surface area contributed by atoms with E-state index >= 15 is 0 Å². The predicted octanol–water partition coefficient (Wildman–Crippen LogP) is -1.59. The fourth-order valence-corrected chi connectivity index (χ4v) is 2.63. The number of carbonyl (C=O) groups excluding carboxylic acids is 1. The van der Waals surface area contributed by atoms with Crippen molar-refractivity contribution in [3.05, 3.63) is 122 Å². The molecule has 0 fully saturated rings. The van der Waals surface area contributed by atoms with Gasteiger partial charge >= 0.3 is 59.1 Å². The zero-order chi connectivity index (χ0) is 30.1. The Morgan fingerprint density at radius 1 is 0.667 bits per heavy atom. The van der Waals surface area contributed by atoms with Gasteiger partial charge in [0.2, 0.25) is 5.69 Å². The molecule has 209 valence electrons. The van der Waals surface area contributed by atoms with Gasteiger partial charge in [-0.05, 0) is 47.0 Å². The Bertz CT molecular complexity index is 1390. The van der Waals surface area contributed by atoms with Gasteiger partial charge in [-0.3, -0.25) is 4.79 Å². The molecule has 0 bridgehead atoms. The summed E-state index contributed by atoms with van der Waals surface area (Å²) in [6.45, 7) is 18.4. The molecule has 3 radical (unpaired) electrons. The first kappa shape index (κ1) is 46.3. The minimum absolute atomic E-state index is 0. The summed E-state index contributed by atoms with van der Waals surface area (Å²) >= 11 is 0. The monoisotopic (exact) mass is 606 g/mol. The molecule has 3 aromatic rings. The summed E-state index contributed by atoms with van der Waals surface area (Å²) in [4.78, 5) is 18.3. The van der Waals surface area contributed by atoms with E-state index in [-0.39, 0.29) is 97.9 Å². The van der Waals surface area contributed by atoms with Crippen molar-refractivity contribution >= 4 is 31.8 Å². The Labute approximate surface area is 286 Å². The summed E-state index contributed by atoms with van der Waals surface area (Å²) in [7, 11) is 0.750. The van der Waals surface area contributed by atoms with Crippen LogP contribution in [0.5, 0.6) is 0 Å². The van der Waals surface area contributed by atoms with Crippen LogP contribution in [0.25, 0.3) is 14.5 Å². The van der Waals surface area contributed by atoms with Gasteiger partial charge in [0.25, 0.3) is 11.4 Å². The summed E-state index contributed by atoms with van der Waals surface area (Å²) in [5.41, 5.74) is -0.921. The first-order chi connectivity index (χ1) is 18.6. The maximum absolute atomic E-state index is 13.0. The number of aliphatic hydroxyl groups is 3. The van der Waals surface area contributed by atoms with Crippen LogP contribution in [-0.2, 0) is 19.8 Å². The average molecular weight is 606 g/mol. The SMILES string of the molecule is C[O-].[B].[C-]#[N+]c1c(F)cc(C=O)cc1F.[C-]#[N+]c1c(F)cc(CO)cc1CO.[C-]#[N+]c1c(F)cc(CO)cc1F.[H-].[Na+].[Na+]. The maximum atomic E-state index is 13.0. The van der Waals surface area contributed by atoms with Gasteiger partial charge in [-0.1, -0.05) is 6.07 Å². The number of nitrogens with zero attached hydrogens (tertiary/aromatic N) is 3. The third kappa shape index (κ3) is 14.0. The molecule has 0 spiro atoms. The second-order valence-electron chi connectivity index (χ2n) is 6.75. The van der Waals surface area contributed by atoms with E-state index in [2.05, 4.69) is 14.5 Å². The minimum atomic E-state index is -1.01. The van der Waals surface area contributed by atoms with E-state index in [0.29, 0.717) is 11.8 Å². The Hall–Kier alpha value is -2.65. The van der Waals surface area contributed by atoms with Crippen LogP contribution >= 0.6 is 0 Å². The number of rotatable bonds is 4. The van der Waals surface area contributed by atoms with Gasteiger partial charge in [0.05, 0.1) is 39.5 Å². The fraction of sp³-hybridized carbons (Fsp3) is 0.154. The molecular weight excluding hydrogens is 586 g/mol. The molecular formula is C26H20BF5N3Na2O5. The average Bonchev–Trinajstić information content (AvgIpc) is 2.93. The zero-order valence-electron chi connectivity index (χ0n) is 23.6. The molecule has 8 nitrogen and oxygen atoms in total. The summed E-state index contributed by atoms with van der Waals surface area (Å²) in [5.74, 6) is -4.59. The number of benzene rings is 3. The Morgan fingerprint density at radius 2 is 0.976 bits per heavy atom. The van der Waals surface area contributed by atoms with E-state index in [1.165, 1.54) is 6.07 Å². The third-order valence-electron chi connectivity index (χ3n) is 4.33. The number of aliphatic hydroxyl groups excluding tert-OH is 3. The summed E-state index contributed by atoms with van der Waals surface area (Å²) in [5, 5.41) is 34.3. The molecule has 16 heteroatoms. The topological polar surface area (TPSA) is 114 Å². The van der Waals surface area contributed by atoms with E-state index in [4.69, 9.17) is 40.1 Å². The van der Waals surface area contributed by atoms with Crippen molar-refractivity contribution in [2.24, 2.45) is 0 Å².